The molecule has 0 fully saturated rings. The van der Waals surface area contributed by atoms with Gasteiger partial charge in [0.1, 0.15) is 11.6 Å². The van der Waals surface area contributed by atoms with Gasteiger partial charge in [0, 0.05) is 23.4 Å². The molecule has 0 aliphatic carbocycles. The number of hydrogen-bond donors (Lipinski definition) is 0. The summed E-state index contributed by atoms with van der Waals surface area (Å²) in [6.45, 7) is 6.00. The van der Waals surface area contributed by atoms with Gasteiger partial charge in [-0.2, -0.15) is 0 Å². The molecule has 5 heteroatoms. The molecule has 2 aliphatic rings. The van der Waals surface area contributed by atoms with Gasteiger partial charge < -0.3 is 4.90 Å². The highest BCUT2D eigenvalue weighted by molar-refractivity contribution is 8.22. The maximum atomic E-state index is 13.4. The minimum atomic E-state index is -0.258. The molecule has 0 unspecified atom stereocenters. The van der Waals surface area contributed by atoms with Gasteiger partial charge in [0.25, 0.3) is 0 Å². The molecule has 0 aromatic heterocycles. The fourth-order valence-corrected chi connectivity index (χ4v) is 4.28. The van der Waals surface area contributed by atoms with E-state index in [0.717, 1.165) is 40.0 Å². The Hall–Kier alpha value is -2.14. The highest BCUT2D eigenvalue weighted by Crippen LogP contribution is 2.48. The van der Waals surface area contributed by atoms with Crippen molar-refractivity contribution < 1.29 is 8.78 Å². The van der Waals surface area contributed by atoms with Gasteiger partial charge in [0.15, 0.2) is 5.17 Å². The van der Waals surface area contributed by atoms with E-state index in [0.29, 0.717) is 0 Å². The number of halogens is 2. The molecule has 0 bridgehead atoms. The molecule has 2 aromatic carbocycles. The Morgan fingerprint density at radius 2 is 1.48 bits per heavy atom. The summed E-state index contributed by atoms with van der Waals surface area (Å²) < 4.78 is 26.7. The number of fused-ring (bicyclic) bond motifs is 1. The van der Waals surface area contributed by atoms with Crippen LogP contribution in [0.4, 0.5) is 8.78 Å². The predicted molar refractivity (Wildman–Crippen MR) is 100.0 cm³/mol. The number of hydrogen-bond acceptors (Lipinski definition) is 3. The number of thioether (sulfide) groups is 1. The molecule has 0 saturated heterocycles. The monoisotopic (exact) mass is 356 g/mol. The lowest BCUT2D eigenvalue weighted by Crippen LogP contribution is -2.40. The summed E-state index contributed by atoms with van der Waals surface area (Å²) >= 11 is 1.60. The number of aliphatic imine (C=N–C) groups is 1. The van der Waals surface area contributed by atoms with Crippen molar-refractivity contribution in [2.24, 2.45) is 10.4 Å². The van der Waals surface area contributed by atoms with Gasteiger partial charge in [-0.3, -0.25) is 4.99 Å². The van der Waals surface area contributed by atoms with Crippen LogP contribution in [-0.4, -0.2) is 23.2 Å². The summed E-state index contributed by atoms with van der Waals surface area (Å²) in [5.74, 6) is -0.516. The maximum absolute atomic E-state index is 13.4. The molecule has 0 spiro atoms. The highest BCUT2D eigenvalue weighted by atomic mass is 32.2. The van der Waals surface area contributed by atoms with E-state index in [-0.39, 0.29) is 17.0 Å². The Kier molecular flexibility index (Phi) is 3.91. The van der Waals surface area contributed by atoms with Crippen molar-refractivity contribution in [3.8, 4) is 0 Å². The van der Waals surface area contributed by atoms with Crippen LogP contribution < -0.4 is 0 Å². The topological polar surface area (TPSA) is 15.6 Å². The molecule has 25 heavy (non-hydrogen) atoms. The molecule has 2 nitrogen and oxygen atoms in total. The number of nitrogens with zero attached hydrogens (tertiary/aromatic N) is 2. The molecule has 2 aromatic rings. The van der Waals surface area contributed by atoms with E-state index in [1.54, 1.807) is 36.0 Å². The largest absolute Gasteiger partial charge is 0.319 e. The third-order valence-electron chi connectivity index (χ3n) is 4.36. The highest BCUT2D eigenvalue weighted by Gasteiger charge is 2.38. The first kappa shape index (κ1) is 16.3. The Bertz CT molecular complexity index is 868. The number of rotatable bonds is 2. The van der Waals surface area contributed by atoms with Crippen LogP contribution in [0.3, 0.4) is 0 Å². The van der Waals surface area contributed by atoms with Crippen LogP contribution in [0, 0.1) is 17.0 Å². The second-order valence-corrected chi connectivity index (χ2v) is 8.12. The molecule has 128 valence electrons. The van der Waals surface area contributed by atoms with E-state index in [1.165, 1.54) is 24.3 Å². The SMILES string of the molecule is CC1(C)CN=C2SC(c3ccc(F)cc3)=C(c3ccc(F)cc3)N2C1. The van der Waals surface area contributed by atoms with Crippen LogP contribution in [0.2, 0.25) is 0 Å². The Morgan fingerprint density at radius 3 is 2.08 bits per heavy atom. The number of benzene rings is 2. The molecule has 0 radical (unpaired) electrons. The summed E-state index contributed by atoms with van der Waals surface area (Å²) in [5, 5.41) is 0.956. The number of amidine groups is 1. The minimum Gasteiger partial charge on any atom is -0.319 e. The quantitative estimate of drug-likeness (QED) is 0.732. The molecular formula is C20H18F2N2S. The summed E-state index contributed by atoms with van der Waals surface area (Å²) in [7, 11) is 0. The van der Waals surface area contributed by atoms with Crippen LogP contribution in [0.5, 0.6) is 0 Å². The normalized spacial score (nSPS) is 19.0. The van der Waals surface area contributed by atoms with Crippen LogP contribution in [0.1, 0.15) is 25.0 Å². The zero-order chi connectivity index (χ0) is 17.6. The van der Waals surface area contributed by atoms with Gasteiger partial charge in [-0.15, -0.1) is 0 Å². The van der Waals surface area contributed by atoms with Gasteiger partial charge >= 0.3 is 0 Å². The molecule has 0 saturated carbocycles. The second kappa shape index (κ2) is 5.99. The van der Waals surface area contributed by atoms with Crippen LogP contribution in [0.15, 0.2) is 53.5 Å². The average molecular weight is 356 g/mol. The Labute approximate surface area is 150 Å². The standard InChI is InChI=1S/C20H18F2N2S/c1-20(2)11-23-19-24(12-20)17(13-3-7-15(21)8-4-13)18(25-19)14-5-9-16(22)10-6-14/h3-10H,11-12H2,1-2H3. The molecule has 2 aliphatic heterocycles. The minimum absolute atomic E-state index is 0.0631. The van der Waals surface area contributed by atoms with E-state index in [9.17, 15) is 8.78 Å². The molecule has 2 heterocycles. The van der Waals surface area contributed by atoms with Crippen molar-refractivity contribution in [1.29, 1.82) is 0 Å². The van der Waals surface area contributed by atoms with Crippen molar-refractivity contribution in [3.63, 3.8) is 0 Å². The third-order valence-corrected chi connectivity index (χ3v) is 5.53. The van der Waals surface area contributed by atoms with Gasteiger partial charge in [0.05, 0.1) is 5.70 Å². The lowest BCUT2D eigenvalue weighted by atomic mass is 9.91. The van der Waals surface area contributed by atoms with Gasteiger partial charge in [-0.1, -0.05) is 26.0 Å². The van der Waals surface area contributed by atoms with Crippen molar-refractivity contribution in [3.05, 3.63) is 71.3 Å². The van der Waals surface area contributed by atoms with Crippen molar-refractivity contribution in [1.82, 2.24) is 4.90 Å². The summed E-state index contributed by atoms with van der Waals surface area (Å²) in [5.41, 5.74) is 2.97. The second-order valence-electron chi connectivity index (χ2n) is 7.14. The zero-order valence-electron chi connectivity index (χ0n) is 14.1. The average Bonchev–Trinajstić information content (AvgIpc) is 2.93. The van der Waals surface area contributed by atoms with E-state index < -0.39 is 0 Å². The fraction of sp³-hybridized carbons (Fsp3) is 0.250. The molecule has 0 atom stereocenters. The third kappa shape index (κ3) is 3.09. The first-order valence-electron chi connectivity index (χ1n) is 8.19. The van der Waals surface area contributed by atoms with Gasteiger partial charge in [0.2, 0.25) is 0 Å². The predicted octanol–water partition coefficient (Wildman–Crippen LogP) is 5.24. The first-order chi connectivity index (χ1) is 11.9. The summed E-state index contributed by atoms with van der Waals surface area (Å²) in [6, 6.07) is 13.0. The van der Waals surface area contributed by atoms with E-state index >= 15 is 0 Å². The van der Waals surface area contributed by atoms with Crippen LogP contribution >= 0.6 is 11.8 Å². The van der Waals surface area contributed by atoms with Crippen molar-refractivity contribution >= 4 is 27.5 Å². The molecular weight excluding hydrogens is 338 g/mol. The van der Waals surface area contributed by atoms with Crippen molar-refractivity contribution in [2.45, 2.75) is 13.8 Å². The van der Waals surface area contributed by atoms with E-state index in [2.05, 4.69) is 18.7 Å². The van der Waals surface area contributed by atoms with Gasteiger partial charge in [-0.25, -0.2) is 8.78 Å². The van der Waals surface area contributed by atoms with Gasteiger partial charge in [-0.05, 0) is 59.3 Å². The zero-order valence-corrected chi connectivity index (χ0v) is 14.9. The molecule has 4 rings (SSSR count). The fourth-order valence-electron chi connectivity index (χ4n) is 3.13. The van der Waals surface area contributed by atoms with Crippen LogP contribution in [-0.2, 0) is 0 Å². The van der Waals surface area contributed by atoms with E-state index in [4.69, 9.17) is 4.99 Å². The Balaban J connectivity index is 1.87. The van der Waals surface area contributed by atoms with E-state index in [1.807, 2.05) is 0 Å². The summed E-state index contributed by atoms with van der Waals surface area (Å²) in [6.07, 6.45) is 0. The maximum Gasteiger partial charge on any atom is 0.168 e. The first-order valence-corrected chi connectivity index (χ1v) is 9.01. The molecule has 0 N–H and O–H groups in total. The lowest BCUT2D eigenvalue weighted by molar-refractivity contribution is 0.295. The molecule has 0 amide bonds. The van der Waals surface area contributed by atoms with Crippen LogP contribution in [0.25, 0.3) is 10.6 Å². The lowest BCUT2D eigenvalue weighted by Gasteiger charge is -2.35. The smallest absolute Gasteiger partial charge is 0.168 e. The Morgan fingerprint density at radius 1 is 0.920 bits per heavy atom. The van der Waals surface area contributed by atoms with Crippen molar-refractivity contribution in [2.75, 3.05) is 13.1 Å². The summed E-state index contributed by atoms with van der Waals surface area (Å²) in [4.78, 5) is 7.99.